The molecule has 3 nitrogen and oxygen atoms in total. The van der Waals surface area contributed by atoms with Gasteiger partial charge in [-0.05, 0) is 43.4 Å². The van der Waals surface area contributed by atoms with E-state index in [4.69, 9.17) is 10.5 Å². The predicted molar refractivity (Wildman–Crippen MR) is 65.3 cm³/mol. The van der Waals surface area contributed by atoms with Crippen LogP contribution in [0.1, 0.15) is 19.3 Å². The van der Waals surface area contributed by atoms with Gasteiger partial charge in [0.25, 0.3) is 0 Å². The maximum Gasteiger partial charge on any atom is 0.125 e. The zero-order chi connectivity index (χ0) is 11.8. The van der Waals surface area contributed by atoms with Crippen molar-refractivity contribution in [2.24, 2.45) is 5.92 Å². The molecule has 1 saturated carbocycles. The number of anilines is 2. The first-order chi connectivity index (χ1) is 8.24. The number of nitrogen functional groups attached to an aromatic ring is 1. The van der Waals surface area contributed by atoms with Crippen LogP contribution < -0.4 is 11.1 Å². The van der Waals surface area contributed by atoms with Gasteiger partial charge < -0.3 is 15.8 Å². The van der Waals surface area contributed by atoms with E-state index in [-0.39, 0.29) is 5.82 Å². The van der Waals surface area contributed by atoms with Crippen molar-refractivity contribution in [1.82, 2.24) is 0 Å². The summed E-state index contributed by atoms with van der Waals surface area (Å²) in [5, 5.41) is 3.39. The smallest absolute Gasteiger partial charge is 0.125 e. The van der Waals surface area contributed by atoms with Crippen molar-refractivity contribution in [3.05, 3.63) is 24.0 Å². The molecule has 17 heavy (non-hydrogen) atoms. The quantitative estimate of drug-likeness (QED) is 0.792. The van der Waals surface area contributed by atoms with E-state index in [1.165, 1.54) is 25.0 Å². The lowest BCUT2D eigenvalue weighted by atomic mass is 10.1. The highest BCUT2D eigenvalue weighted by atomic mass is 19.1. The van der Waals surface area contributed by atoms with Crippen LogP contribution in [0.15, 0.2) is 18.2 Å². The number of hydrogen-bond acceptors (Lipinski definition) is 3. The molecule has 1 aliphatic carbocycles. The molecular formula is C13H17FN2O. The molecule has 0 aromatic heterocycles. The van der Waals surface area contributed by atoms with Crippen LogP contribution >= 0.6 is 0 Å². The highest BCUT2D eigenvalue weighted by Gasteiger charge is 2.40. The van der Waals surface area contributed by atoms with Crippen molar-refractivity contribution in [2.45, 2.75) is 31.4 Å². The van der Waals surface area contributed by atoms with Gasteiger partial charge in [0, 0.05) is 6.61 Å². The molecule has 3 N–H and O–H groups in total. The van der Waals surface area contributed by atoms with Crippen molar-refractivity contribution in [2.75, 3.05) is 17.7 Å². The van der Waals surface area contributed by atoms with E-state index in [1.807, 2.05) is 0 Å². The molecule has 2 atom stereocenters. The summed E-state index contributed by atoms with van der Waals surface area (Å²) in [4.78, 5) is 0. The topological polar surface area (TPSA) is 47.3 Å². The minimum absolute atomic E-state index is 0.297. The third-order valence-electron chi connectivity index (χ3n) is 3.58. The van der Waals surface area contributed by atoms with Crippen LogP contribution in [0.3, 0.4) is 0 Å². The van der Waals surface area contributed by atoms with E-state index in [0.717, 1.165) is 18.7 Å². The number of benzene rings is 1. The van der Waals surface area contributed by atoms with Crippen molar-refractivity contribution < 1.29 is 9.13 Å². The average Bonchev–Trinajstić information content (AvgIpc) is 3.03. The van der Waals surface area contributed by atoms with E-state index < -0.39 is 0 Å². The number of ether oxygens (including phenoxy) is 1. The Morgan fingerprint density at radius 1 is 1.29 bits per heavy atom. The molecule has 4 heteroatoms. The largest absolute Gasteiger partial charge is 0.397 e. The van der Waals surface area contributed by atoms with Crippen LogP contribution in [0.25, 0.3) is 0 Å². The molecule has 2 fully saturated rings. The zero-order valence-electron chi connectivity index (χ0n) is 9.66. The fraction of sp³-hybridized carbons (Fsp3) is 0.538. The molecule has 0 spiro atoms. The second kappa shape index (κ2) is 4.18. The SMILES string of the molecule is Nc1cc(F)ccc1NC1CCOC1C1CC1. The van der Waals surface area contributed by atoms with Gasteiger partial charge in [0.15, 0.2) is 0 Å². The van der Waals surface area contributed by atoms with E-state index in [0.29, 0.717) is 23.8 Å². The lowest BCUT2D eigenvalue weighted by Gasteiger charge is -2.21. The van der Waals surface area contributed by atoms with E-state index in [1.54, 1.807) is 6.07 Å². The Bertz CT molecular complexity index is 420. The zero-order valence-corrected chi connectivity index (χ0v) is 9.66. The molecular weight excluding hydrogens is 219 g/mol. The Labute approximate surface area is 100 Å². The Morgan fingerprint density at radius 2 is 2.12 bits per heavy atom. The molecule has 1 aliphatic heterocycles. The second-order valence-electron chi connectivity index (χ2n) is 4.94. The van der Waals surface area contributed by atoms with Gasteiger partial charge in [-0.25, -0.2) is 4.39 Å². The van der Waals surface area contributed by atoms with E-state index >= 15 is 0 Å². The minimum atomic E-state index is -0.297. The van der Waals surface area contributed by atoms with Crippen LogP contribution in [0, 0.1) is 11.7 Å². The van der Waals surface area contributed by atoms with Gasteiger partial charge >= 0.3 is 0 Å². The maximum atomic E-state index is 12.9. The molecule has 0 radical (unpaired) electrons. The van der Waals surface area contributed by atoms with Crippen molar-refractivity contribution in [1.29, 1.82) is 0 Å². The van der Waals surface area contributed by atoms with Gasteiger partial charge in [-0.3, -0.25) is 0 Å². The number of halogens is 1. The van der Waals surface area contributed by atoms with E-state index in [2.05, 4.69) is 5.32 Å². The van der Waals surface area contributed by atoms with E-state index in [9.17, 15) is 4.39 Å². The fourth-order valence-electron chi connectivity index (χ4n) is 2.52. The third kappa shape index (κ3) is 2.22. The van der Waals surface area contributed by atoms with Gasteiger partial charge in [0.2, 0.25) is 0 Å². The van der Waals surface area contributed by atoms with Gasteiger partial charge in [-0.15, -0.1) is 0 Å². The fourth-order valence-corrected chi connectivity index (χ4v) is 2.52. The average molecular weight is 236 g/mol. The number of rotatable bonds is 3. The second-order valence-corrected chi connectivity index (χ2v) is 4.94. The van der Waals surface area contributed by atoms with Crippen LogP contribution in [0.2, 0.25) is 0 Å². The highest BCUT2D eigenvalue weighted by Crippen LogP contribution is 2.40. The first kappa shape index (κ1) is 10.8. The molecule has 1 aromatic rings. The normalized spacial score (nSPS) is 28.3. The summed E-state index contributed by atoms with van der Waals surface area (Å²) < 4.78 is 18.7. The Kier molecular flexibility index (Phi) is 2.67. The van der Waals surface area contributed by atoms with Gasteiger partial charge in [0.05, 0.1) is 23.5 Å². The molecule has 1 heterocycles. The number of nitrogens with one attached hydrogen (secondary N) is 1. The first-order valence-electron chi connectivity index (χ1n) is 6.17. The van der Waals surface area contributed by atoms with Gasteiger partial charge in [0.1, 0.15) is 5.82 Å². The van der Waals surface area contributed by atoms with Crippen LogP contribution in [-0.4, -0.2) is 18.8 Å². The summed E-state index contributed by atoms with van der Waals surface area (Å²) in [7, 11) is 0. The van der Waals surface area contributed by atoms with Crippen LogP contribution in [0.4, 0.5) is 15.8 Å². The molecule has 2 unspecified atom stereocenters. The molecule has 1 saturated heterocycles. The van der Waals surface area contributed by atoms with Crippen LogP contribution in [-0.2, 0) is 4.74 Å². The third-order valence-corrected chi connectivity index (χ3v) is 3.58. The number of hydrogen-bond donors (Lipinski definition) is 2. The Balaban J connectivity index is 1.72. The van der Waals surface area contributed by atoms with Gasteiger partial charge in [-0.1, -0.05) is 0 Å². The number of nitrogens with two attached hydrogens (primary N) is 1. The summed E-state index contributed by atoms with van der Waals surface area (Å²) in [6, 6.07) is 4.80. The summed E-state index contributed by atoms with van der Waals surface area (Å²) in [6.07, 6.45) is 3.83. The van der Waals surface area contributed by atoms with Crippen LogP contribution in [0.5, 0.6) is 0 Å². The van der Waals surface area contributed by atoms with Crippen molar-refractivity contribution in [3.8, 4) is 0 Å². The molecule has 92 valence electrons. The molecule has 2 aliphatic rings. The van der Waals surface area contributed by atoms with Crippen molar-refractivity contribution in [3.63, 3.8) is 0 Å². The molecule has 0 amide bonds. The Hall–Kier alpha value is -1.29. The maximum absolute atomic E-state index is 12.9. The van der Waals surface area contributed by atoms with Gasteiger partial charge in [-0.2, -0.15) is 0 Å². The first-order valence-corrected chi connectivity index (χ1v) is 6.17. The monoisotopic (exact) mass is 236 g/mol. The predicted octanol–water partition coefficient (Wildman–Crippen LogP) is 2.39. The minimum Gasteiger partial charge on any atom is -0.397 e. The lowest BCUT2D eigenvalue weighted by Crippen LogP contribution is -2.31. The van der Waals surface area contributed by atoms with Crippen molar-refractivity contribution >= 4 is 11.4 Å². The standard InChI is InChI=1S/C13H17FN2O/c14-9-3-4-11(10(15)7-9)16-12-5-6-17-13(12)8-1-2-8/h3-4,7-8,12-13,16H,1-2,5-6,15H2. The molecule has 3 rings (SSSR count). The summed E-state index contributed by atoms with van der Waals surface area (Å²) in [5.41, 5.74) is 7.07. The lowest BCUT2D eigenvalue weighted by molar-refractivity contribution is 0.0898. The molecule has 0 bridgehead atoms. The Morgan fingerprint density at radius 3 is 2.82 bits per heavy atom. The highest BCUT2D eigenvalue weighted by molar-refractivity contribution is 5.66. The summed E-state index contributed by atoms with van der Waals surface area (Å²) in [5.74, 6) is 0.408. The molecule has 1 aromatic carbocycles. The summed E-state index contributed by atoms with van der Waals surface area (Å²) in [6.45, 7) is 0.805. The summed E-state index contributed by atoms with van der Waals surface area (Å²) >= 11 is 0.